The average Bonchev–Trinajstić information content (AvgIpc) is 3.87. The topological polar surface area (TPSA) is 53.6 Å². The third-order valence-electron chi connectivity index (χ3n) is 11.7. The monoisotopic (exact) mass is 714 g/mol. The van der Waals surface area contributed by atoms with Gasteiger partial charge in [0.1, 0.15) is 11.5 Å². The summed E-state index contributed by atoms with van der Waals surface area (Å²) in [7, 11) is 0. The van der Waals surface area contributed by atoms with Crippen LogP contribution in [0.25, 0.3) is 76.1 Å². The predicted molar refractivity (Wildman–Crippen MR) is 221 cm³/mol. The summed E-state index contributed by atoms with van der Waals surface area (Å²) in [5.74, 6) is 1.48. The molecule has 0 N–H and O–H groups in total. The van der Waals surface area contributed by atoms with Gasteiger partial charge in [0.05, 0.1) is 57.7 Å². The van der Waals surface area contributed by atoms with Gasteiger partial charge in [-0.2, -0.15) is 0 Å². The van der Waals surface area contributed by atoms with Crippen molar-refractivity contribution in [1.82, 2.24) is 19.1 Å². The fourth-order valence-electron chi connectivity index (χ4n) is 9.56. The van der Waals surface area contributed by atoms with Gasteiger partial charge in [-0.25, -0.2) is 9.69 Å². The zero-order valence-electron chi connectivity index (χ0n) is 29.6. The Balaban J connectivity index is 1.20. The first-order chi connectivity index (χ1) is 27.7. The second-order valence-corrected chi connectivity index (χ2v) is 14.3. The number of nitrogens with zero attached hydrogens (tertiary/aromatic N) is 6. The SMILES string of the molecule is [C-]#[N+]c1ccc2c(c1)c1cc([N+]#[C-])ccc1n2-c1cccc2c1C1(c3ccc(-n4c5ccccc5c5ccccc54)cc3O2)c2cccnc2-c2ncccc21. The number of benzene rings is 6. The van der Waals surface area contributed by atoms with Gasteiger partial charge < -0.3 is 13.9 Å². The van der Waals surface area contributed by atoms with E-state index in [1.807, 2.05) is 67.0 Å². The van der Waals surface area contributed by atoms with E-state index in [0.717, 1.165) is 89.4 Å². The molecule has 12 rings (SSSR count). The summed E-state index contributed by atoms with van der Waals surface area (Å²) in [4.78, 5) is 17.5. The number of aromatic nitrogens is 4. The van der Waals surface area contributed by atoms with Crippen molar-refractivity contribution in [2.45, 2.75) is 5.41 Å². The van der Waals surface area contributed by atoms with Crippen molar-refractivity contribution in [3.8, 4) is 34.3 Å². The van der Waals surface area contributed by atoms with E-state index in [4.69, 9.17) is 27.8 Å². The maximum atomic E-state index is 7.80. The van der Waals surface area contributed by atoms with Crippen molar-refractivity contribution in [1.29, 1.82) is 0 Å². The van der Waals surface area contributed by atoms with Gasteiger partial charge in [-0.05, 0) is 88.6 Å². The molecule has 6 aromatic carbocycles. The highest BCUT2D eigenvalue weighted by Crippen LogP contribution is 2.63. The fraction of sp³-hybridized carbons (Fsp3) is 0.0204. The zero-order valence-corrected chi connectivity index (χ0v) is 29.6. The molecule has 4 aromatic heterocycles. The minimum atomic E-state index is -0.859. The molecule has 0 amide bonds. The molecule has 7 heteroatoms. The van der Waals surface area contributed by atoms with Crippen LogP contribution in [-0.2, 0) is 5.41 Å². The molecule has 10 aromatic rings. The molecule has 258 valence electrons. The number of hydrogen-bond acceptors (Lipinski definition) is 3. The Morgan fingerprint density at radius 2 is 1.07 bits per heavy atom. The third-order valence-corrected chi connectivity index (χ3v) is 11.7. The second-order valence-electron chi connectivity index (χ2n) is 14.3. The predicted octanol–water partition coefficient (Wildman–Crippen LogP) is 12.2. The van der Waals surface area contributed by atoms with E-state index >= 15 is 0 Å². The number of para-hydroxylation sites is 2. The van der Waals surface area contributed by atoms with Gasteiger partial charge in [0, 0.05) is 46.0 Å². The van der Waals surface area contributed by atoms with Crippen LogP contribution in [0.2, 0.25) is 0 Å². The molecule has 5 heterocycles. The summed E-state index contributed by atoms with van der Waals surface area (Å²) in [5, 5.41) is 4.22. The van der Waals surface area contributed by atoms with Crippen LogP contribution in [0.5, 0.6) is 11.5 Å². The summed E-state index contributed by atoms with van der Waals surface area (Å²) in [6.07, 6.45) is 3.68. The van der Waals surface area contributed by atoms with Gasteiger partial charge in [0.25, 0.3) is 0 Å². The summed E-state index contributed by atoms with van der Waals surface area (Å²) >= 11 is 0. The molecule has 0 saturated carbocycles. The van der Waals surface area contributed by atoms with E-state index in [-0.39, 0.29) is 0 Å². The molecule has 2 aliphatic rings. The van der Waals surface area contributed by atoms with E-state index < -0.39 is 5.41 Å². The van der Waals surface area contributed by atoms with Gasteiger partial charge in [-0.3, -0.25) is 9.97 Å². The maximum Gasteiger partial charge on any atom is 0.188 e. The lowest BCUT2D eigenvalue weighted by molar-refractivity contribution is 0.435. The van der Waals surface area contributed by atoms with Crippen molar-refractivity contribution in [3.05, 3.63) is 203 Å². The molecule has 56 heavy (non-hydrogen) atoms. The van der Waals surface area contributed by atoms with Crippen LogP contribution in [0.4, 0.5) is 11.4 Å². The molecule has 1 spiro atoms. The summed E-state index contributed by atoms with van der Waals surface area (Å²) in [5.41, 5.74) is 12.0. The van der Waals surface area contributed by atoms with Gasteiger partial charge in [0.15, 0.2) is 11.4 Å². The van der Waals surface area contributed by atoms with E-state index in [2.05, 4.69) is 110 Å². The van der Waals surface area contributed by atoms with Crippen LogP contribution in [0.3, 0.4) is 0 Å². The first-order valence-electron chi connectivity index (χ1n) is 18.4. The largest absolute Gasteiger partial charge is 0.457 e. The lowest BCUT2D eigenvalue weighted by Gasteiger charge is -2.40. The normalized spacial score (nSPS) is 13.2. The molecule has 0 radical (unpaired) electrons. The van der Waals surface area contributed by atoms with Crippen molar-refractivity contribution < 1.29 is 4.74 Å². The second kappa shape index (κ2) is 11.0. The van der Waals surface area contributed by atoms with E-state index in [9.17, 15) is 0 Å². The summed E-state index contributed by atoms with van der Waals surface area (Å²) in [6, 6.07) is 49.9. The van der Waals surface area contributed by atoms with Crippen LogP contribution in [0.15, 0.2) is 158 Å². The van der Waals surface area contributed by atoms with Crippen molar-refractivity contribution in [2.75, 3.05) is 0 Å². The molecule has 0 atom stereocenters. The van der Waals surface area contributed by atoms with E-state index in [1.165, 1.54) is 10.8 Å². The molecule has 0 unspecified atom stereocenters. The zero-order chi connectivity index (χ0) is 37.1. The quantitative estimate of drug-likeness (QED) is 0.168. The van der Waals surface area contributed by atoms with Crippen LogP contribution < -0.4 is 4.74 Å². The van der Waals surface area contributed by atoms with Crippen LogP contribution in [0, 0.1) is 13.1 Å². The molecule has 7 nitrogen and oxygen atoms in total. The van der Waals surface area contributed by atoms with Gasteiger partial charge >= 0.3 is 0 Å². The Bertz CT molecular complexity index is 3280. The standard InChI is InChI=1S/C49H26N6O/c1-50-29-18-22-41-34(26-29)35-27-30(51-2)19-23-42(35)55(41)43-16-7-17-44-46(43)49(37-12-8-24-52-47(37)48-38(49)13-9-25-53-48)36-21-20-31(28-45(36)56-44)54-39-14-5-3-10-32(39)33-11-4-6-15-40(33)54/h3-28H. The Kier molecular flexibility index (Phi) is 5.99. The number of pyridine rings is 2. The fourth-order valence-corrected chi connectivity index (χ4v) is 9.56. The average molecular weight is 715 g/mol. The molecular weight excluding hydrogens is 689 g/mol. The van der Waals surface area contributed by atoms with Gasteiger partial charge in [-0.1, -0.05) is 72.8 Å². The highest BCUT2D eigenvalue weighted by atomic mass is 16.5. The molecule has 0 fully saturated rings. The molecular formula is C49H26N6O. The minimum absolute atomic E-state index is 0.545. The number of rotatable bonds is 2. The van der Waals surface area contributed by atoms with Crippen molar-refractivity contribution in [2.24, 2.45) is 0 Å². The van der Waals surface area contributed by atoms with Crippen LogP contribution >= 0.6 is 0 Å². The van der Waals surface area contributed by atoms with E-state index in [0.29, 0.717) is 11.4 Å². The first-order valence-corrected chi connectivity index (χ1v) is 18.4. The summed E-state index contributed by atoms with van der Waals surface area (Å²) < 4.78 is 11.7. The lowest BCUT2D eigenvalue weighted by atomic mass is 9.65. The van der Waals surface area contributed by atoms with Crippen LogP contribution in [-0.4, -0.2) is 19.1 Å². The van der Waals surface area contributed by atoms with Crippen molar-refractivity contribution in [3.63, 3.8) is 0 Å². The Labute approximate surface area is 320 Å². The van der Waals surface area contributed by atoms with Gasteiger partial charge in [0.2, 0.25) is 0 Å². The van der Waals surface area contributed by atoms with Crippen molar-refractivity contribution >= 4 is 55.0 Å². The molecule has 1 aliphatic carbocycles. The number of ether oxygens (including phenoxy) is 1. The third kappa shape index (κ3) is 3.78. The Morgan fingerprint density at radius 1 is 0.482 bits per heavy atom. The Hall–Kier alpha value is -8.00. The van der Waals surface area contributed by atoms with Crippen LogP contribution in [0.1, 0.15) is 22.3 Å². The Morgan fingerprint density at radius 3 is 1.68 bits per heavy atom. The lowest BCUT2D eigenvalue weighted by Crippen LogP contribution is -2.33. The minimum Gasteiger partial charge on any atom is -0.457 e. The number of hydrogen-bond donors (Lipinski definition) is 0. The first kappa shape index (κ1) is 30.5. The molecule has 0 bridgehead atoms. The molecule has 1 aliphatic heterocycles. The summed E-state index contributed by atoms with van der Waals surface area (Å²) in [6.45, 7) is 15.6. The van der Waals surface area contributed by atoms with E-state index in [1.54, 1.807) is 0 Å². The number of fused-ring (bicyclic) bond motifs is 15. The maximum absolute atomic E-state index is 7.80. The smallest absolute Gasteiger partial charge is 0.188 e. The highest BCUT2D eigenvalue weighted by molar-refractivity contribution is 6.12. The molecule has 0 saturated heterocycles. The highest BCUT2D eigenvalue weighted by Gasteiger charge is 2.54. The van der Waals surface area contributed by atoms with Gasteiger partial charge in [-0.15, -0.1) is 0 Å².